The van der Waals surface area contributed by atoms with Crippen LogP contribution in [-0.4, -0.2) is 92.3 Å². The first-order chi connectivity index (χ1) is 17.5. The molecule has 3 N–H and O–H groups in total. The van der Waals surface area contributed by atoms with Gasteiger partial charge in [0.1, 0.15) is 11.5 Å². The third kappa shape index (κ3) is 5.08. The molecule has 2 aromatic rings. The molecule has 1 aromatic heterocycles. The molecule has 3 aliphatic heterocycles. The predicted octanol–water partition coefficient (Wildman–Crippen LogP) is 2.00. The van der Waals surface area contributed by atoms with E-state index in [-0.39, 0.29) is 0 Å². The molecule has 192 valence electrons. The van der Waals surface area contributed by atoms with Crippen molar-refractivity contribution in [3.8, 4) is 16.6 Å². The second kappa shape index (κ2) is 10.7. The van der Waals surface area contributed by atoms with Gasteiger partial charge in [0.25, 0.3) is 0 Å². The van der Waals surface area contributed by atoms with Crippen LogP contribution in [0.2, 0.25) is 0 Å². The zero-order valence-corrected chi connectivity index (χ0v) is 21.1. The third-order valence-corrected chi connectivity index (χ3v) is 6.87. The number of nitrogen functional groups attached to an aromatic ring is 1. The number of benzene rings is 1. The third-order valence-electron chi connectivity index (χ3n) is 6.00. The first kappa shape index (κ1) is 24.3. The number of nitrogens with zero attached hydrogens (tertiary/aromatic N) is 5. The number of nitrogens with two attached hydrogens (primary N) is 1. The lowest BCUT2D eigenvalue weighted by atomic mass is 10.1. The van der Waals surface area contributed by atoms with Crippen LogP contribution in [0.15, 0.2) is 22.1 Å². The quantitative estimate of drug-likeness (QED) is 0.531. The number of amidine groups is 1. The summed E-state index contributed by atoms with van der Waals surface area (Å²) in [7, 11) is 1.58. The molecule has 0 saturated carbocycles. The van der Waals surface area contributed by atoms with Crippen LogP contribution in [0.1, 0.15) is 17.7 Å². The Bertz CT molecular complexity index is 1190. The van der Waals surface area contributed by atoms with Gasteiger partial charge in [0, 0.05) is 31.7 Å². The largest absolute Gasteiger partial charge is 0.491 e. The van der Waals surface area contributed by atoms with Crippen molar-refractivity contribution in [2.75, 3.05) is 65.4 Å². The van der Waals surface area contributed by atoms with Gasteiger partial charge in [-0.05, 0) is 25.5 Å². The number of methoxy groups -OCH3 is 1. The first-order valence-corrected chi connectivity index (χ1v) is 12.6. The molecule has 13 heteroatoms. The molecule has 1 amide bonds. The zero-order chi connectivity index (χ0) is 25.1. The number of aryl methyl sites for hydroxylation is 1. The molecular formula is C23H29N7O5S. The first-order valence-electron chi connectivity index (χ1n) is 11.8. The van der Waals surface area contributed by atoms with Crippen LogP contribution in [0.4, 0.5) is 15.6 Å². The number of nitrogens with one attached hydrogen (secondary N) is 1. The normalized spacial score (nSPS) is 17.1. The van der Waals surface area contributed by atoms with Crippen molar-refractivity contribution in [3.63, 3.8) is 0 Å². The molecule has 0 aliphatic carbocycles. The van der Waals surface area contributed by atoms with E-state index in [1.165, 1.54) is 0 Å². The molecule has 1 fully saturated rings. The highest BCUT2D eigenvalue weighted by molar-refractivity contribution is 7.17. The summed E-state index contributed by atoms with van der Waals surface area (Å²) in [5.41, 5.74) is 7.61. The fourth-order valence-corrected chi connectivity index (χ4v) is 4.98. The number of ether oxygens (including phenoxy) is 4. The summed E-state index contributed by atoms with van der Waals surface area (Å²) in [6, 6.07) is 3.80. The van der Waals surface area contributed by atoms with Crippen molar-refractivity contribution in [2.45, 2.75) is 13.3 Å². The average Bonchev–Trinajstić information content (AvgIpc) is 3.48. The van der Waals surface area contributed by atoms with E-state index in [0.717, 1.165) is 56.2 Å². The van der Waals surface area contributed by atoms with E-state index in [1.807, 2.05) is 17.0 Å². The minimum atomic E-state index is -0.690. The van der Waals surface area contributed by atoms with Crippen LogP contribution in [-0.2, 0) is 4.74 Å². The number of aliphatic imine (C=N–C) groups is 2. The van der Waals surface area contributed by atoms with Crippen LogP contribution in [0, 0.1) is 6.92 Å². The monoisotopic (exact) mass is 515 g/mol. The maximum Gasteiger partial charge on any atom is 0.420 e. The van der Waals surface area contributed by atoms with Gasteiger partial charge in [-0.1, -0.05) is 11.3 Å². The summed E-state index contributed by atoms with van der Waals surface area (Å²) >= 11 is 1.10. The van der Waals surface area contributed by atoms with Gasteiger partial charge in [0.05, 0.1) is 39.2 Å². The SMILES string of the molecule is COc1c(OCCCN2CCOCC2)ccc2c1N=C(NC(=O)Oc1sc(N)nc1C)N1CCN=C21. The molecule has 12 nitrogen and oxygen atoms in total. The van der Waals surface area contributed by atoms with E-state index in [1.54, 1.807) is 14.0 Å². The number of carbonyl (C=O) groups is 1. The van der Waals surface area contributed by atoms with E-state index in [0.29, 0.717) is 64.6 Å². The van der Waals surface area contributed by atoms with Crippen molar-refractivity contribution >= 4 is 40.0 Å². The summed E-state index contributed by atoms with van der Waals surface area (Å²) < 4.78 is 22.6. The second-order valence-electron chi connectivity index (χ2n) is 8.38. The highest BCUT2D eigenvalue weighted by atomic mass is 32.1. The van der Waals surface area contributed by atoms with Crippen molar-refractivity contribution < 1.29 is 23.7 Å². The topological polar surface area (TPSA) is 136 Å². The predicted molar refractivity (Wildman–Crippen MR) is 136 cm³/mol. The van der Waals surface area contributed by atoms with Crippen molar-refractivity contribution in [1.29, 1.82) is 0 Å². The van der Waals surface area contributed by atoms with Crippen LogP contribution in [0.5, 0.6) is 16.6 Å². The van der Waals surface area contributed by atoms with E-state index in [2.05, 4.69) is 20.2 Å². The molecular weight excluding hydrogens is 486 g/mol. The van der Waals surface area contributed by atoms with Gasteiger partial charge >= 0.3 is 6.09 Å². The van der Waals surface area contributed by atoms with Gasteiger partial charge < -0.3 is 24.7 Å². The van der Waals surface area contributed by atoms with Crippen LogP contribution < -0.4 is 25.3 Å². The molecule has 0 spiro atoms. The lowest BCUT2D eigenvalue weighted by Gasteiger charge is -2.28. The van der Waals surface area contributed by atoms with Crippen molar-refractivity contribution in [3.05, 3.63) is 23.4 Å². The Morgan fingerprint density at radius 1 is 1.28 bits per heavy atom. The number of morpholine rings is 1. The number of rotatable bonds is 7. The summed E-state index contributed by atoms with van der Waals surface area (Å²) in [6.07, 6.45) is 0.189. The Hall–Kier alpha value is -3.42. The summed E-state index contributed by atoms with van der Waals surface area (Å²) in [5, 5.41) is 3.40. The van der Waals surface area contributed by atoms with E-state index in [9.17, 15) is 4.79 Å². The lowest BCUT2D eigenvalue weighted by molar-refractivity contribution is 0.0357. The maximum atomic E-state index is 12.7. The number of aromatic nitrogens is 1. The number of hydrogen-bond acceptors (Lipinski definition) is 12. The maximum absolute atomic E-state index is 12.7. The van der Waals surface area contributed by atoms with Crippen molar-refractivity contribution in [1.82, 2.24) is 20.1 Å². The number of fused-ring (bicyclic) bond motifs is 3. The van der Waals surface area contributed by atoms with Gasteiger partial charge in [-0.25, -0.2) is 14.8 Å². The van der Waals surface area contributed by atoms with Gasteiger partial charge in [-0.2, -0.15) is 0 Å². The molecule has 36 heavy (non-hydrogen) atoms. The molecule has 3 aliphatic rings. The second-order valence-corrected chi connectivity index (χ2v) is 9.37. The fourth-order valence-electron chi connectivity index (χ4n) is 4.29. The van der Waals surface area contributed by atoms with Gasteiger partial charge in [0.15, 0.2) is 16.6 Å². The van der Waals surface area contributed by atoms with Gasteiger partial charge in [-0.15, -0.1) is 0 Å². The number of guanidine groups is 1. The molecule has 0 radical (unpaired) electrons. The highest BCUT2D eigenvalue weighted by Gasteiger charge is 2.33. The summed E-state index contributed by atoms with van der Waals surface area (Å²) in [6.45, 7) is 7.83. The Morgan fingerprint density at radius 3 is 2.86 bits per heavy atom. The van der Waals surface area contributed by atoms with Gasteiger partial charge in [0.2, 0.25) is 11.0 Å². The Labute approximate surface area is 212 Å². The smallest absolute Gasteiger partial charge is 0.420 e. The Morgan fingerprint density at radius 2 is 2.11 bits per heavy atom. The average molecular weight is 516 g/mol. The minimum absolute atomic E-state index is 0.307. The number of amides is 1. The highest BCUT2D eigenvalue weighted by Crippen LogP contribution is 2.43. The van der Waals surface area contributed by atoms with Gasteiger partial charge in [-0.3, -0.25) is 20.1 Å². The molecule has 0 unspecified atom stereocenters. The number of thiazole rings is 1. The summed E-state index contributed by atoms with van der Waals surface area (Å²) in [5.74, 6) is 2.10. The Balaban J connectivity index is 1.32. The lowest BCUT2D eigenvalue weighted by Crippen LogP contribution is -2.48. The molecule has 5 rings (SSSR count). The van der Waals surface area contributed by atoms with Crippen LogP contribution >= 0.6 is 11.3 Å². The molecule has 1 saturated heterocycles. The number of anilines is 1. The molecule has 4 heterocycles. The minimum Gasteiger partial charge on any atom is -0.491 e. The summed E-state index contributed by atoms with van der Waals surface area (Å²) in [4.78, 5) is 30.3. The van der Waals surface area contributed by atoms with Crippen LogP contribution in [0.25, 0.3) is 0 Å². The fraction of sp³-hybridized carbons (Fsp3) is 0.478. The molecule has 0 bridgehead atoms. The molecule has 0 atom stereocenters. The van der Waals surface area contributed by atoms with Crippen molar-refractivity contribution in [2.24, 2.45) is 9.98 Å². The zero-order valence-electron chi connectivity index (χ0n) is 20.3. The standard InChI is InChI=1S/C23H29N7O5S/c1-14-20(36-21(24)26-14)35-23(31)28-22-27-17-15(19-25-6-8-30(19)22)4-5-16(18(17)32-2)34-11-3-7-29-9-12-33-13-10-29/h4-5H,3,6-13H2,1-2H3,(H2,24,26)(H,27,28,31). The van der Waals surface area contributed by atoms with E-state index >= 15 is 0 Å². The molecule has 1 aromatic carbocycles. The number of carbonyl (C=O) groups excluding carboxylic acids is 1. The van der Waals surface area contributed by atoms with E-state index < -0.39 is 6.09 Å². The number of hydrogen-bond donors (Lipinski definition) is 2. The van der Waals surface area contributed by atoms with E-state index in [4.69, 9.17) is 29.7 Å². The van der Waals surface area contributed by atoms with Crippen LogP contribution in [0.3, 0.4) is 0 Å². The Kier molecular flexibility index (Phi) is 7.20.